The van der Waals surface area contributed by atoms with Crippen molar-refractivity contribution in [3.05, 3.63) is 40.7 Å². The van der Waals surface area contributed by atoms with Gasteiger partial charge < -0.3 is 4.74 Å². The average Bonchev–Trinajstić information content (AvgIpc) is 2.66. The summed E-state index contributed by atoms with van der Waals surface area (Å²) in [5.41, 5.74) is 0.0515. The van der Waals surface area contributed by atoms with Crippen molar-refractivity contribution in [3.63, 3.8) is 0 Å². The number of ether oxygens (including phenoxy) is 1. The van der Waals surface area contributed by atoms with Crippen molar-refractivity contribution in [2.24, 2.45) is 0 Å². The van der Waals surface area contributed by atoms with Crippen LogP contribution in [0.15, 0.2) is 35.1 Å². The molecule has 0 atom stereocenters. The van der Waals surface area contributed by atoms with Crippen molar-refractivity contribution < 1.29 is 4.74 Å². The second-order valence-corrected chi connectivity index (χ2v) is 3.38. The maximum absolute atomic E-state index is 11.9. The van der Waals surface area contributed by atoms with Gasteiger partial charge in [0.05, 0.1) is 6.54 Å². The Bertz CT molecular complexity index is 557. The lowest BCUT2D eigenvalue weighted by molar-refractivity contribution is 0.357. The van der Waals surface area contributed by atoms with Gasteiger partial charge in [-0.1, -0.05) is 18.2 Å². The molecule has 0 bridgehead atoms. The molecule has 3 nitrogen and oxygen atoms in total. The Morgan fingerprint density at radius 2 is 2.14 bits per heavy atom. The van der Waals surface area contributed by atoms with E-state index in [4.69, 9.17) is 4.74 Å². The molecule has 0 saturated carbocycles. The van der Waals surface area contributed by atoms with Crippen molar-refractivity contribution >= 4 is 10.8 Å². The fraction of sp³-hybridized carbons (Fsp3) is 0.182. The van der Waals surface area contributed by atoms with E-state index in [0.29, 0.717) is 19.0 Å². The molecule has 0 saturated heterocycles. The van der Waals surface area contributed by atoms with Gasteiger partial charge in [0.1, 0.15) is 6.61 Å². The summed E-state index contributed by atoms with van der Waals surface area (Å²) in [6.07, 6.45) is 0. The first-order valence-electron chi connectivity index (χ1n) is 4.62. The quantitative estimate of drug-likeness (QED) is 0.624. The van der Waals surface area contributed by atoms with Gasteiger partial charge in [-0.2, -0.15) is 0 Å². The summed E-state index contributed by atoms with van der Waals surface area (Å²) in [5, 5.41) is 1.72. The zero-order valence-electron chi connectivity index (χ0n) is 7.56. The Hall–Kier alpha value is -1.77. The number of nitrogens with zero attached hydrogens (tertiary/aromatic N) is 1. The molecule has 0 fully saturated rings. The number of rotatable bonds is 0. The van der Waals surface area contributed by atoms with Gasteiger partial charge >= 0.3 is 0 Å². The minimum atomic E-state index is 0.0515. The van der Waals surface area contributed by atoms with E-state index < -0.39 is 0 Å². The first kappa shape index (κ1) is 7.62. The van der Waals surface area contributed by atoms with Crippen LogP contribution in [0.5, 0.6) is 5.88 Å². The van der Waals surface area contributed by atoms with Gasteiger partial charge in [-0.15, -0.1) is 0 Å². The Labute approximate surface area is 80.5 Å². The lowest BCUT2D eigenvalue weighted by Gasteiger charge is -2.02. The lowest BCUT2D eigenvalue weighted by atomic mass is 10.2. The third-order valence-electron chi connectivity index (χ3n) is 2.55. The molecule has 0 amide bonds. The van der Waals surface area contributed by atoms with Crippen LogP contribution in [0, 0.1) is 0 Å². The van der Waals surface area contributed by atoms with Crippen LogP contribution in [0.2, 0.25) is 0 Å². The second kappa shape index (κ2) is 2.61. The molecule has 1 aromatic heterocycles. The molecular formula is C11H9NO2. The Morgan fingerprint density at radius 1 is 1.29 bits per heavy atom. The summed E-state index contributed by atoms with van der Waals surface area (Å²) in [5.74, 6) is 0.689. The normalized spacial score (nSPS) is 14.0. The summed E-state index contributed by atoms with van der Waals surface area (Å²) in [6, 6.07) is 9.51. The Kier molecular flexibility index (Phi) is 1.42. The van der Waals surface area contributed by atoms with E-state index >= 15 is 0 Å². The van der Waals surface area contributed by atoms with Gasteiger partial charge in [-0.05, 0) is 11.5 Å². The van der Waals surface area contributed by atoms with Crippen LogP contribution >= 0.6 is 0 Å². The van der Waals surface area contributed by atoms with Gasteiger partial charge in [-0.25, -0.2) is 0 Å². The highest BCUT2D eigenvalue weighted by atomic mass is 16.5. The molecule has 2 heterocycles. The third kappa shape index (κ3) is 0.894. The monoisotopic (exact) mass is 187 g/mol. The molecular weight excluding hydrogens is 178 g/mol. The average molecular weight is 187 g/mol. The highest BCUT2D eigenvalue weighted by molar-refractivity contribution is 5.82. The first-order valence-corrected chi connectivity index (χ1v) is 4.62. The number of hydrogen-bond donors (Lipinski definition) is 0. The molecule has 3 heteroatoms. The maximum atomic E-state index is 11.9. The number of benzene rings is 1. The predicted octanol–water partition coefficient (Wildman–Crippen LogP) is 1.39. The van der Waals surface area contributed by atoms with Crippen LogP contribution in [0.25, 0.3) is 10.8 Å². The summed E-state index contributed by atoms with van der Waals surface area (Å²) in [7, 11) is 0. The number of hydrogen-bond acceptors (Lipinski definition) is 2. The molecule has 0 spiro atoms. The lowest BCUT2D eigenvalue weighted by Crippen LogP contribution is -2.17. The van der Waals surface area contributed by atoms with Crippen LogP contribution < -0.4 is 10.3 Å². The van der Waals surface area contributed by atoms with Crippen LogP contribution in [0.3, 0.4) is 0 Å². The smallest absolute Gasteiger partial charge is 0.261 e. The molecule has 0 unspecified atom stereocenters. The van der Waals surface area contributed by atoms with E-state index in [2.05, 4.69) is 0 Å². The van der Waals surface area contributed by atoms with Gasteiger partial charge in [0.25, 0.3) is 5.56 Å². The minimum absolute atomic E-state index is 0.0515. The molecule has 70 valence electrons. The fourth-order valence-corrected chi connectivity index (χ4v) is 1.85. The number of fused-ring (bicyclic) bond motifs is 2. The Morgan fingerprint density at radius 3 is 3.07 bits per heavy atom. The molecule has 0 aliphatic carbocycles. The van der Waals surface area contributed by atoms with Crippen molar-refractivity contribution in [2.45, 2.75) is 6.54 Å². The SMILES string of the molecule is O=c1c2ccccc2cc2n1CCO2. The standard InChI is InChI=1S/C11H9NO2/c13-11-9-4-2-1-3-8(9)7-10-12(11)5-6-14-10/h1-4,7H,5-6H2. The van der Waals surface area contributed by atoms with Gasteiger partial charge in [-0.3, -0.25) is 9.36 Å². The molecule has 0 N–H and O–H groups in total. The zero-order chi connectivity index (χ0) is 9.54. The minimum Gasteiger partial charge on any atom is -0.477 e. The zero-order valence-corrected chi connectivity index (χ0v) is 7.56. The number of aromatic nitrogens is 1. The molecule has 3 rings (SSSR count). The van der Waals surface area contributed by atoms with Crippen molar-refractivity contribution in [1.82, 2.24) is 4.57 Å². The van der Waals surface area contributed by atoms with Crippen molar-refractivity contribution in [2.75, 3.05) is 6.61 Å². The van der Waals surface area contributed by atoms with Crippen molar-refractivity contribution in [1.29, 1.82) is 0 Å². The van der Waals surface area contributed by atoms with E-state index in [0.717, 1.165) is 10.8 Å². The molecule has 2 aromatic rings. The van der Waals surface area contributed by atoms with E-state index in [1.807, 2.05) is 30.3 Å². The van der Waals surface area contributed by atoms with E-state index in [-0.39, 0.29) is 5.56 Å². The highest BCUT2D eigenvalue weighted by Crippen LogP contribution is 2.20. The maximum Gasteiger partial charge on any atom is 0.261 e. The van der Waals surface area contributed by atoms with Gasteiger partial charge in [0, 0.05) is 11.5 Å². The molecule has 1 aliphatic rings. The topological polar surface area (TPSA) is 31.2 Å². The first-order chi connectivity index (χ1) is 6.86. The van der Waals surface area contributed by atoms with Gasteiger partial charge in [0.15, 0.2) is 5.88 Å². The van der Waals surface area contributed by atoms with Crippen molar-refractivity contribution in [3.8, 4) is 5.88 Å². The van der Waals surface area contributed by atoms with Crippen LogP contribution in [-0.4, -0.2) is 11.2 Å². The fourth-order valence-electron chi connectivity index (χ4n) is 1.85. The van der Waals surface area contributed by atoms with E-state index in [1.165, 1.54) is 0 Å². The largest absolute Gasteiger partial charge is 0.477 e. The van der Waals surface area contributed by atoms with Gasteiger partial charge in [0.2, 0.25) is 0 Å². The summed E-state index contributed by atoms with van der Waals surface area (Å²) < 4.78 is 7.03. The van der Waals surface area contributed by atoms with E-state index in [9.17, 15) is 4.79 Å². The third-order valence-corrected chi connectivity index (χ3v) is 2.55. The van der Waals surface area contributed by atoms with Crippen LogP contribution in [0.4, 0.5) is 0 Å². The molecule has 0 radical (unpaired) electrons. The summed E-state index contributed by atoms with van der Waals surface area (Å²) >= 11 is 0. The summed E-state index contributed by atoms with van der Waals surface area (Å²) in [6.45, 7) is 1.27. The number of pyridine rings is 1. The summed E-state index contributed by atoms with van der Waals surface area (Å²) in [4.78, 5) is 11.9. The molecule has 14 heavy (non-hydrogen) atoms. The molecule has 1 aliphatic heterocycles. The predicted molar refractivity (Wildman–Crippen MR) is 53.7 cm³/mol. The van der Waals surface area contributed by atoms with E-state index in [1.54, 1.807) is 4.57 Å². The Balaban J connectivity index is 2.50. The second-order valence-electron chi connectivity index (χ2n) is 3.38. The van der Waals surface area contributed by atoms with Crippen LogP contribution in [-0.2, 0) is 6.54 Å². The molecule has 1 aromatic carbocycles. The van der Waals surface area contributed by atoms with Crippen LogP contribution in [0.1, 0.15) is 0 Å². The highest BCUT2D eigenvalue weighted by Gasteiger charge is 2.14.